The number of fused-ring (bicyclic) bond motifs is 2. The topological polar surface area (TPSA) is 0 Å². The van der Waals surface area contributed by atoms with Crippen LogP contribution in [0, 0.1) is 0 Å². The number of hydrogen-bond donors (Lipinski definition) is 0. The predicted molar refractivity (Wildman–Crippen MR) is 163 cm³/mol. The van der Waals surface area contributed by atoms with Gasteiger partial charge < -0.3 is 24.8 Å². The maximum absolute atomic E-state index is 2.71. The molecule has 0 saturated heterocycles. The summed E-state index contributed by atoms with van der Waals surface area (Å²) in [6, 6.07) is 36.4. The van der Waals surface area contributed by atoms with Gasteiger partial charge in [0.25, 0.3) is 0 Å². The number of allylic oxidation sites excluding steroid dienone is 2. The molecule has 0 nitrogen and oxygen atoms in total. The van der Waals surface area contributed by atoms with Gasteiger partial charge in [0.1, 0.15) is 0 Å². The quantitative estimate of drug-likeness (QED) is 0.256. The van der Waals surface area contributed by atoms with Crippen LogP contribution in [0.2, 0.25) is 11.5 Å². The van der Waals surface area contributed by atoms with Gasteiger partial charge in [-0.15, -0.1) is 0 Å². The average molecular weight is 791 g/mol. The standard InChI is InChI=1S/2C17H15.C2H6Ge.2ClH.Hf/c2*1-2-13-11-15-9-6-10-16(17(15)12-13)14-7-4-3-5-8-14;1-3-2;;;/h2*3-12H,2H2,1H3;1-2H3;2*1H;/q;;;;;+2/p-2. The Kier molecular flexibility index (Phi) is 10.6. The van der Waals surface area contributed by atoms with Crippen molar-refractivity contribution in [2.24, 2.45) is 0 Å². The molecule has 0 aromatic heterocycles. The molecule has 4 aromatic rings. The fourth-order valence-corrected chi connectivity index (χ4v) is 52.8. The molecule has 202 valence electrons. The van der Waals surface area contributed by atoms with E-state index < -0.39 is 28.4 Å². The van der Waals surface area contributed by atoms with Crippen molar-refractivity contribution in [2.45, 2.75) is 45.6 Å². The second kappa shape index (κ2) is 13.6. The summed E-state index contributed by atoms with van der Waals surface area (Å²) in [4.78, 5) is 0. The van der Waals surface area contributed by atoms with Crippen LogP contribution < -0.4 is 24.8 Å². The first kappa shape index (κ1) is 31.3. The van der Waals surface area contributed by atoms with E-state index in [4.69, 9.17) is 0 Å². The Hall–Kier alpha value is -1.65. The van der Waals surface area contributed by atoms with Crippen LogP contribution in [0.5, 0.6) is 0 Å². The van der Waals surface area contributed by atoms with E-state index in [0.717, 1.165) is 7.35 Å². The summed E-state index contributed by atoms with van der Waals surface area (Å²) in [6.45, 7) is 4.79. The summed E-state index contributed by atoms with van der Waals surface area (Å²) < 4.78 is 1.44. The molecule has 2 unspecified atom stereocenters. The van der Waals surface area contributed by atoms with Crippen molar-refractivity contribution in [3.63, 3.8) is 0 Å². The second-order valence-corrected chi connectivity index (χ2v) is 51.0. The summed E-state index contributed by atoms with van der Waals surface area (Å²) in [5, 5.41) is 0. The van der Waals surface area contributed by atoms with Crippen LogP contribution in [0.3, 0.4) is 0 Å². The maximum Gasteiger partial charge on any atom is -1.00 e. The third-order valence-electron chi connectivity index (χ3n) is 8.49. The first-order valence-electron chi connectivity index (χ1n) is 14.1. The molecular formula is C36H36Cl2GeHf. The second-order valence-electron chi connectivity index (χ2n) is 10.8. The third kappa shape index (κ3) is 5.57. The van der Waals surface area contributed by atoms with Gasteiger partial charge in [0, 0.05) is 0 Å². The maximum atomic E-state index is 2.71. The first-order chi connectivity index (χ1) is 18.6. The van der Waals surface area contributed by atoms with Crippen molar-refractivity contribution in [1.29, 1.82) is 0 Å². The van der Waals surface area contributed by atoms with E-state index in [9.17, 15) is 0 Å². The zero-order valence-electron chi connectivity index (χ0n) is 23.7. The van der Waals surface area contributed by atoms with E-state index in [1.807, 2.05) is 0 Å². The Balaban J connectivity index is 0.00000185. The van der Waals surface area contributed by atoms with Gasteiger partial charge in [-0.25, -0.2) is 0 Å². The molecular weight excluding hydrogens is 754 g/mol. The minimum atomic E-state index is -2.25. The van der Waals surface area contributed by atoms with Crippen molar-refractivity contribution >= 4 is 22.2 Å². The van der Waals surface area contributed by atoms with Crippen molar-refractivity contribution in [2.75, 3.05) is 0 Å². The van der Waals surface area contributed by atoms with E-state index in [0.29, 0.717) is 0 Å². The summed E-state index contributed by atoms with van der Waals surface area (Å²) >= 11 is -2.25. The fraction of sp³-hybridized carbons (Fsp3) is 0.222. The Morgan fingerprint density at radius 3 is 1.30 bits per heavy atom. The molecule has 0 bridgehead atoms. The Labute approximate surface area is 261 Å². The fourth-order valence-electron chi connectivity index (χ4n) is 6.76. The first-order valence-corrected chi connectivity index (χ1v) is 32.8. The van der Waals surface area contributed by atoms with E-state index in [1.54, 1.807) is 22.3 Å². The number of halogens is 2. The van der Waals surface area contributed by atoms with Gasteiger partial charge >= 0.3 is 239 Å². The molecule has 0 N–H and O–H groups in total. The van der Waals surface area contributed by atoms with Crippen LogP contribution in [0.15, 0.2) is 108 Å². The van der Waals surface area contributed by atoms with Gasteiger partial charge in [-0.05, 0) is 0 Å². The van der Waals surface area contributed by atoms with Crippen LogP contribution in [0.25, 0.3) is 34.4 Å². The molecule has 6 rings (SSSR count). The third-order valence-corrected chi connectivity index (χ3v) is 51.8. The predicted octanol–water partition coefficient (Wildman–Crippen LogP) is 4.29. The van der Waals surface area contributed by atoms with Crippen molar-refractivity contribution < 1.29 is 43.2 Å². The van der Waals surface area contributed by atoms with Crippen LogP contribution in [0.1, 0.15) is 56.3 Å². The van der Waals surface area contributed by atoms with Crippen molar-refractivity contribution in [3.05, 3.63) is 130 Å². The van der Waals surface area contributed by atoms with Crippen molar-refractivity contribution in [1.82, 2.24) is 0 Å². The molecule has 0 spiro atoms. The van der Waals surface area contributed by atoms with Crippen LogP contribution in [-0.4, -0.2) is 10.1 Å². The molecule has 2 atom stereocenters. The summed E-state index contributed by atoms with van der Waals surface area (Å²) in [5.41, 5.74) is 15.3. The molecule has 4 aromatic carbocycles. The molecule has 0 saturated carbocycles. The molecule has 2 aliphatic rings. The van der Waals surface area contributed by atoms with Crippen molar-refractivity contribution in [3.8, 4) is 22.3 Å². The smallest absolute Gasteiger partial charge is 1.00 e. The summed E-state index contributed by atoms with van der Waals surface area (Å²) in [6.07, 6.45) is 7.56. The van der Waals surface area contributed by atoms with Crippen LogP contribution in [0.4, 0.5) is 0 Å². The van der Waals surface area contributed by atoms with Gasteiger partial charge in [-0.1, -0.05) is 0 Å². The number of rotatable bonds is 6. The average Bonchev–Trinajstić information content (AvgIpc) is 3.52. The van der Waals surface area contributed by atoms with E-state index in [2.05, 4.69) is 135 Å². The molecule has 4 heteroatoms. The van der Waals surface area contributed by atoms with Gasteiger partial charge in [0.05, 0.1) is 0 Å². The summed E-state index contributed by atoms with van der Waals surface area (Å²) in [5.74, 6) is 5.42. The zero-order chi connectivity index (χ0) is 26.2. The van der Waals surface area contributed by atoms with Gasteiger partial charge in [0.2, 0.25) is 0 Å². The van der Waals surface area contributed by atoms with E-state index >= 15 is 0 Å². The van der Waals surface area contributed by atoms with Crippen LogP contribution in [-0.2, 0) is 18.3 Å². The van der Waals surface area contributed by atoms with E-state index in [-0.39, 0.29) is 24.8 Å². The molecule has 0 amide bonds. The van der Waals surface area contributed by atoms with Crippen LogP contribution >= 0.6 is 0 Å². The minimum Gasteiger partial charge on any atom is -1.00 e. The number of hydrogen-bond acceptors (Lipinski definition) is 0. The normalized spacial score (nSPS) is 16.4. The van der Waals surface area contributed by atoms with Gasteiger partial charge in [0.15, 0.2) is 0 Å². The largest absolute Gasteiger partial charge is 1.00 e. The Bertz CT molecular complexity index is 1480. The van der Waals surface area contributed by atoms with Gasteiger partial charge in [-0.3, -0.25) is 0 Å². The monoisotopic (exact) mass is 792 g/mol. The Morgan fingerprint density at radius 1 is 0.550 bits per heavy atom. The minimum absolute atomic E-state index is 0. The molecule has 40 heavy (non-hydrogen) atoms. The molecule has 0 fully saturated rings. The zero-order valence-corrected chi connectivity index (χ0v) is 30.9. The molecule has 0 heterocycles. The number of benzene rings is 4. The molecule has 0 aliphatic heterocycles. The molecule has 2 aliphatic carbocycles. The SMILES string of the molecule is CCC1=Cc2c(-c3ccccc3)cccc2[CH]1[Hf+2]([CH]1C(CC)=Cc2c(-c3ccccc3)cccc21)=[Ge]([CH3])[CH3].[Cl-].[Cl-]. The molecule has 0 radical (unpaired) electrons. The Morgan fingerprint density at radius 2 is 0.950 bits per heavy atom. The van der Waals surface area contributed by atoms with Gasteiger partial charge in [-0.2, -0.15) is 0 Å². The van der Waals surface area contributed by atoms with E-state index in [1.165, 1.54) is 46.2 Å². The summed E-state index contributed by atoms with van der Waals surface area (Å²) in [7, 11) is -1.19.